The average Bonchev–Trinajstić information content (AvgIpc) is 2.34. The average molecular weight is 206 g/mol. The van der Waals surface area contributed by atoms with Crippen molar-refractivity contribution in [2.24, 2.45) is 4.99 Å². The van der Waals surface area contributed by atoms with Crippen LogP contribution < -0.4 is 0 Å². The fourth-order valence-corrected chi connectivity index (χ4v) is 2.45. The molecule has 1 aliphatic rings. The molecule has 0 saturated heterocycles. The van der Waals surface area contributed by atoms with E-state index in [1.54, 1.807) is 0 Å². The first-order valence-electron chi connectivity index (χ1n) is 2.99. The van der Waals surface area contributed by atoms with E-state index in [0.717, 1.165) is 9.93 Å². The molecule has 0 bridgehead atoms. The maximum absolute atomic E-state index is 10.8. The number of esters is 1. The van der Waals surface area contributed by atoms with Crippen LogP contribution in [-0.4, -0.2) is 38.7 Å². The third-order valence-corrected chi connectivity index (χ3v) is 3.37. The van der Waals surface area contributed by atoms with Gasteiger partial charge in [0.2, 0.25) is 0 Å². The Balaban J connectivity index is 2.52. The molecule has 4 heteroatoms. The van der Waals surface area contributed by atoms with Crippen molar-refractivity contribution in [1.29, 1.82) is 0 Å². The zero-order valence-corrected chi connectivity index (χ0v) is 7.67. The summed E-state index contributed by atoms with van der Waals surface area (Å²) in [5, 5.41) is 0.880. The van der Waals surface area contributed by atoms with Gasteiger partial charge in [-0.05, 0) is 0 Å². The van der Waals surface area contributed by atoms with Crippen molar-refractivity contribution >= 4 is 25.5 Å². The van der Waals surface area contributed by atoms with Crippen LogP contribution in [0.4, 0.5) is 0 Å². The van der Waals surface area contributed by atoms with E-state index >= 15 is 0 Å². The number of hydrogen-bond acceptors (Lipinski definition) is 3. The first-order chi connectivity index (χ1) is 4.74. The molecule has 0 saturated carbocycles. The van der Waals surface area contributed by atoms with Crippen molar-refractivity contribution in [2.75, 3.05) is 7.11 Å². The zero-order chi connectivity index (χ0) is 7.56. The van der Waals surface area contributed by atoms with Gasteiger partial charge in [-0.25, -0.2) is 0 Å². The first kappa shape index (κ1) is 7.76. The van der Waals surface area contributed by atoms with Gasteiger partial charge in [0.1, 0.15) is 0 Å². The van der Waals surface area contributed by atoms with Crippen LogP contribution in [-0.2, 0) is 9.53 Å². The molecule has 56 valence electrons. The number of aliphatic imine (C=N–C) groups is 1. The van der Waals surface area contributed by atoms with E-state index in [2.05, 4.69) is 9.73 Å². The number of nitrogens with zero attached hydrogens (tertiary/aromatic N) is 1. The molecule has 1 atom stereocenters. The van der Waals surface area contributed by atoms with Gasteiger partial charge in [-0.3, -0.25) is 0 Å². The Morgan fingerprint density at radius 3 is 3.00 bits per heavy atom. The van der Waals surface area contributed by atoms with Crippen molar-refractivity contribution in [3.63, 3.8) is 0 Å². The molecule has 3 nitrogen and oxygen atoms in total. The molecule has 1 aliphatic heterocycles. The minimum absolute atomic E-state index is 0.190. The molecule has 1 rings (SSSR count). The van der Waals surface area contributed by atoms with Crippen LogP contribution in [0, 0.1) is 0 Å². The predicted octanol–water partition coefficient (Wildman–Crippen LogP) is 0.0825. The van der Waals surface area contributed by atoms with Crippen molar-refractivity contribution in [3.8, 4) is 0 Å². The summed E-state index contributed by atoms with van der Waals surface area (Å²) in [6, 6.07) is -0.190. The molecule has 0 N–H and O–H groups in total. The molecular weight excluding hydrogens is 197 g/mol. The van der Waals surface area contributed by atoms with Gasteiger partial charge in [0.15, 0.2) is 0 Å². The van der Waals surface area contributed by atoms with Crippen LogP contribution in [0.15, 0.2) is 4.99 Å². The summed E-state index contributed by atoms with van der Waals surface area (Å²) >= 11 is 0.429. The van der Waals surface area contributed by atoms with Crippen molar-refractivity contribution in [3.05, 3.63) is 0 Å². The number of hydrogen-bond donors (Lipinski definition) is 0. The summed E-state index contributed by atoms with van der Waals surface area (Å²) in [7, 11) is 1.40. The number of methoxy groups -OCH3 is 1. The Morgan fingerprint density at radius 2 is 2.60 bits per heavy atom. The topological polar surface area (TPSA) is 38.7 Å². The van der Waals surface area contributed by atoms with Gasteiger partial charge in [-0.2, -0.15) is 0 Å². The molecule has 0 aromatic rings. The first-order valence-corrected chi connectivity index (χ1v) is 5.06. The van der Waals surface area contributed by atoms with Crippen LogP contribution in [0.1, 0.15) is 6.92 Å². The zero-order valence-electron chi connectivity index (χ0n) is 5.96. The second kappa shape index (κ2) is 3.17. The number of rotatable bonds is 1. The molecule has 0 spiro atoms. The molecule has 0 radical (unpaired) electrons. The molecule has 0 fully saturated rings. The van der Waals surface area contributed by atoms with Gasteiger partial charge in [0.25, 0.3) is 0 Å². The molecule has 1 heterocycles. The second-order valence-corrected chi connectivity index (χ2v) is 4.54. The number of carbonyl (C=O) groups excluding carboxylic acids is 1. The van der Waals surface area contributed by atoms with Gasteiger partial charge in [-0.1, -0.05) is 0 Å². The third kappa shape index (κ3) is 1.58. The Hall–Kier alpha value is -0.341. The molecule has 0 aromatic heterocycles. The Kier molecular flexibility index (Phi) is 2.46. The van der Waals surface area contributed by atoms with Crippen LogP contribution in [0.25, 0.3) is 0 Å². The fraction of sp³-hybridized carbons (Fsp3) is 0.667. The van der Waals surface area contributed by atoms with Crippen molar-refractivity contribution in [2.45, 2.75) is 18.3 Å². The Labute approximate surface area is 66.0 Å². The van der Waals surface area contributed by atoms with Crippen LogP contribution in [0.5, 0.6) is 0 Å². The summed E-state index contributed by atoms with van der Waals surface area (Å²) in [6.45, 7) is 1.96. The summed E-state index contributed by atoms with van der Waals surface area (Å²) in [4.78, 5) is 15.0. The van der Waals surface area contributed by atoms with E-state index in [-0.39, 0.29) is 12.0 Å². The Morgan fingerprint density at radius 1 is 1.90 bits per heavy atom. The molecule has 10 heavy (non-hydrogen) atoms. The maximum atomic E-state index is 10.8. The van der Waals surface area contributed by atoms with E-state index in [1.807, 2.05) is 6.92 Å². The van der Waals surface area contributed by atoms with Crippen LogP contribution in [0.3, 0.4) is 0 Å². The van der Waals surface area contributed by atoms with E-state index < -0.39 is 0 Å². The van der Waals surface area contributed by atoms with Crippen molar-refractivity contribution < 1.29 is 9.53 Å². The standard InChI is InChI=1S/C6H9NO2Se/c1-4-7-5(3-10-4)6(8)9-2/h5H,3H2,1-2H3. The van der Waals surface area contributed by atoms with Gasteiger partial charge in [-0.15, -0.1) is 0 Å². The molecule has 0 aliphatic carbocycles. The normalized spacial score (nSPS) is 24.2. The second-order valence-electron chi connectivity index (χ2n) is 2.00. The minimum atomic E-state index is -0.196. The van der Waals surface area contributed by atoms with Gasteiger partial charge < -0.3 is 0 Å². The summed E-state index contributed by atoms with van der Waals surface area (Å²) in [6.07, 6.45) is 0. The molecule has 0 amide bonds. The van der Waals surface area contributed by atoms with E-state index in [1.165, 1.54) is 7.11 Å². The predicted molar refractivity (Wildman–Crippen MR) is 39.5 cm³/mol. The number of carbonyl (C=O) groups is 1. The van der Waals surface area contributed by atoms with Crippen molar-refractivity contribution in [1.82, 2.24) is 0 Å². The van der Waals surface area contributed by atoms with Gasteiger partial charge in [0, 0.05) is 0 Å². The van der Waals surface area contributed by atoms with Gasteiger partial charge >= 0.3 is 65.5 Å². The van der Waals surface area contributed by atoms with E-state index in [9.17, 15) is 4.79 Å². The fourth-order valence-electron chi connectivity index (χ4n) is 0.750. The van der Waals surface area contributed by atoms with Crippen LogP contribution >= 0.6 is 0 Å². The summed E-state index contributed by atoms with van der Waals surface area (Å²) in [5.74, 6) is -0.196. The Bertz CT molecular complexity index is 179. The summed E-state index contributed by atoms with van der Waals surface area (Å²) in [5.41, 5.74) is 0. The molecule has 1 unspecified atom stereocenters. The van der Waals surface area contributed by atoms with Crippen LogP contribution in [0.2, 0.25) is 5.32 Å². The van der Waals surface area contributed by atoms with E-state index in [4.69, 9.17) is 0 Å². The SMILES string of the molecule is COC(=O)C1C[Se]C(C)=N1. The number of ether oxygens (including phenoxy) is 1. The monoisotopic (exact) mass is 207 g/mol. The quantitative estimate of drug-likeness (QED) is 0.450. The molecular formula is C6H9NO2Se. The summed E-state index contributed by atoms with van der Waals surface area (Å²) < 4.78 is 5.66. The third-order valence-electron chi connectivity index (χ3n) is 1.26. The molecule has 0 aromatic carbocycles. The van der Waals surface area contributed by atoms with Gasteiger partial charge in [0.05, 0.1) is 0 Å². The van der Waals surface area contributed by atoms with E-state index in [0.29, 0.717) is 15.0 Å².